The third kappa shape index (κ3) is 1.58. The van der Waals surface area contributed by atoms with Crippen LogP contribution in [0, 0.1) is 0 Å². The van der Waals surface area contributed by atoms with Crippen LogP contribution in [0.25, 0.3) is 21.7 Å². The third-order valence-corrected chi connectivity index (χ3v) is 2.76. The molecule has 0 spiro atoms. The molecule has 0 aliphatic rings. The van der Waals surface area contributed by atoms with Crippen LogP contribution in [0.3, 0.4) is 0 Å². The highest BCUT2D eigenvalue weighted by Crippen LogP contribution is 2.25. The van der Waals surface area contributed by atoms with Gasteiger partial charge in [-0.3, -0.25) is 0 Å². The summed E-state index contributed by atoms with van der Waals surface area (Å²) in [4.78, 5) is 0. The third-order valence-electron chi connectivity index (χ3n) is 2.76. The van der Waals surface area contributed by atoms with Crippen LogP contribution in [0.15, 0.2) is 48.7 Å². The van der Waals surface area contributed by atoms with Crippen molar-refractivity contribution < 1.29 is 0 Å². The van der Waals surface area contributed by atoms with Gasteiger partial charge in [-0.1, -0.05) is 50.2 Å². The maximum Gasteiger partial charge on any atom is 0.0557 e. The molecule has 0 fully saturated rings. The van der Waals surface area contributed by atoms with Crippen LogP contribution in [-0.4, -0.2) is 4.57 Å². The smallest absolute Gasteiger partial charge is 0.0557 e. The van der Waals surface area contributed by atoms with Gasteiger partial charge in [0.1, 0.15) is 0 Å². The summed E-state index contributed by atoms with van der Waals surface area (Å²) in [6.07, 6.45) is 2.11. The van der Waals surface area contributed by atoms with Crippen molar-refractivity contribution in [1.29, 1.82) is 0 Å². The van der Waals surface area contributed by atoms with Gasteiger partial charge < -0.3 is 4.57 Å². The molecular formula is C15H17N. The van der Waals surface area contributed by atoms with Crippen molar-refractivity contribution in [3.8, 4) is 0 Å². The second-order valence-electron chi connectivity index (χ2n) is 3.65. The Morgan fingerprint density at radius 1 is 0.812 bits per heavy atom. The van der Waals surface area contributed by atoms with E-state index in [4.69, 9.17) is 0 Å². The normalized spacial score (nSPS) is 10.2. The first kappa shape index (κ1) is 10.7. The van der Waals surface area contributed by atoms with E-state index in [1.54, 1.807) is 0 Å². The van der Waals surface area contributed by atoms with Crippen molar-refractivity contribution in [3.63, 3.8) is 0 Å². The number of aromatic nitrogens is 1. The monoisotopic (exact) mass is 211 g/mol. The molecular weight excluding hydrogens is 194 g/mol. The molecule has 0 saturated heterocycles. The van der Waals surface area contributed by atoms with Crippen LogP contribution < -0.4 is 0 Å². The van der Waals surface area contributed by atoms with E-state index in [1.807, 2.05) is 13.8 Å². The lowest BCUT2D eigenvalue weighted by atomic mass is 10.1. The van der Waals surface area contributed by atoms with Crippen LogP contribution in [0.1, 0.15) is 13.8 Å². The number of nitrogens with zero attached hydrogens (tertiary/aromatic N) is 1. The lowest BCUT2D eigenvalue weighted by Crippen LogP contribution is -1.85. The van der Waals surface area contributed by atoms with E-state index >= 15 is 0 Å². The van der Waals surface area contributed by atoms with Gasteiger partial charge in [-0.2, -0.15) is 0 Å². The van der Waals surface area contributed by atoms with E-state index in [0.717, 1.165) is 0 Å². The topological polar surface area (TPSA) is 4.93 Å². The Morgan fingerprint density at radius 2 is 1.50 bits per heavy atom. The quantitative estimate of drug-likeness (QED) is 0.520. The van der Waals surface area contributed by atoms with Gasteiger partial charge in [0, 0.05) is 24.0 Å². The maximum atomic E-state index is 2.18. The van der Waals surface area contributed by atoms with Gasteiger partial charge in [0.2, 0.25) is 0 Å². The minimum Gasteiger partial charge on any atom is -0.350 e. The van der Waals surface area contributed by atoms with E-state index in [9.17, 15) is 0 Å². The van der Waals surface area contributed by atoms with Gasteiger partial charge in [0.05, 0.1) is 5.52 Å². The van der Waals surface area contributed by atoms with Crippen LogP contribution in [0.5, 0.6) is 0 Å². The van der Waals surface area contributed by atoms with Crippen LogP contribution in [0.4, 0.5) is 0 Å². The molecule has 0 aliphatic carbocycles. The number of rotatable bonds is 0. The molecule has 0 radical (unpaired) electrons. The number of hydrogen-bond donors (Lipinski definition) is 0. The number of hydrogen-bond acceptors (Lipinski definition) is 0. The molecule has 0 saturated carbocycles. The molecule has 3 aromatic rings. The fourth-order valence-electron chi connectivity index (χ4n) is 2.07. The molecule has 1 heterocycles. The first-order valence-electron chi connectivity index (χ1n) is 5.79. The summed E-state index contributed by atoms with van der Waals surface area (Å²) < 4.78 is 2.18. The van der Waals surface area contributed by atoms with E-state index in [-0.39, 0.29) is 0 Å². The van der Waals surface area contributed by atoms with Crippen molar-refractivity contribution >= 4 is 21.7 Å². The zero-order chi connectivity index (χ0) is 11.5. The Morgan fingerprint density at radius 3 is 2.31 bits per heavy atom. The second kappa shape index (κ2) is 4.40. The maximum absolute atomic E-state index is 2.18. The zero-order valence-corrected chi connectivity index (χ0v) is 10.1. The van der Waals surface area contributed by atoms with E-state index < -0.39 is 0 Å². The highest BCUT2D eigenvalue weighted by molar-refractivity contribution is 6.05. The average Bonchev–Trinajstić information content (AvgIpc) is 2.74. The minimum absolute atomic E-state index is 1.31. The summed E-state index contributed by atoms with van der Waals surface area (Å²) >= 11 is 0. The molecule has 1 heteroatoms. The standard InChI is InChI=1S/C13H11N.C2H6/c1-14-9-8-11-7-6-10-4-2-3-5-12(10)13(11)14;1-2/h2-9H,1H3;1-2H3. The molecule has 3 rings (SSSR count). The van der Waals surface area contributed by atoms with Crippen LogP contribution in [-0.2, 0) is 7.05 Å². The Labute approximate surface area is 96.3 Å². The second-order valence-corrected chi connectivity index (χ2v) is 3.65. The van der Waals surface area contributed by atoms with Crippen molar-refractivity contribution in [2.24, 2.45) is 7.05 Å². The lowest BCUT2D eigenvalue weighted by molar-refractivity contribution is 0.973. The average molecular weight is 211 g/mol. The number of aryl methyl sites for hydroxylation is 1. The van der Waals surface area contributed by atoms with Gasteiger partial charge in [0.25, 0.3) is 0 Å². The first-order chi connectivity index (χ1) is 7.86. The summed E-state index contributed by atoms with van der Waals surface area (Å²) in [5.41, 5.74) is 1.32. The molecule has 0 amide bonds. The summed E-state index contributed by atoms with van der Waals surface area (Å²) in [7, 11) is 2.09. The molecule has 0 N–H and O–H groups in total. The van der Waals surface area contributed by atoms with E-state index in [0.29, 0.717) is 0 Å². The van der Waals surface area contributed by atoms with E-state index in [2.05, 4.69) is 60.3 Å². The van der Waals surface area contributed by atoms with Crippen LogP contribution in [0.2, 0.25) is 0 Å². The van der Waals surface area contributed by atoms with Crippen molar-refractivity contribution in [2.45, 2.75) is 13.8 Å². The van der Waals surface area contributed by atoms with Gasteiger partial charge in [-0.15, -0.1) is 0 Å². The molecule has 0 unspecified atom stereocenters. The van der Waals surface area contributed by atoms with Gasteiger partial charge >= 0.3 is 0 Å². The van der Waals surface area contributed by atoms with Gasteiger partial charge in [-0.05, 0) is 11.5 Å². The number of benzene rings is 2. The molecule has 82 valence electrons. The molecule has 16 heavy (non-hydrogen) atoms. The SMILES string of the molecule is CC.Cn1ccc2ccc3ccccc3c21. The van der Waals surface area contributed by atoms with Crippen molar-refractivity contribution in [1.82, 2.24) is 4.57 Å². The Balaban J connectivity index is 0.000000457. The first-order valence-corrected chi connectivity index (χ1v) is 5.79. The fourth-order valence-corrected chi connectivity index (χ4v) is 2.07. The van der Waals surface area contributed by atoms with Crippen molar-refractivity contribution in [2.75, 3.05) is 0 Å². The van der Waals surface area contributed by atoms with E-state index in [1.165, 1.54) is 21.7 Å². The molecule has 0 aliphatic heterocycles. The van der Waals surface area contributed by atoms with Gasteiger partial charge in [-0.25, -0.2) is 0 Å². The Bertz CT molecular complexity index is 605. The predicted molar refractivity (Wildman–Crippen MR) is 71.8 cm³/mol. The molecule has 1 aromatic heterocycles. The van der Waals surface area contributed by atoms with Crippen LogP contribution >= 0.6 is 0 Å². The highest BCUT2D eigenvalue weighted by atomic mass is 14.9. The lowest BCUT2D eigenvalue weighted by Gasteiger charge is -2.02. The predicted octanol–water partition coefficient (Wildman–Crippen LogP) is 4.36. The summed E-state index contributed by atoms with van der Waals surface area (Å²) in [5, 5.41) is 3.95. The summed E-state index contributed by atoms with van der Waals surface area (Å²) in [5.74, 6) is 0. The summed E-state index contributed by atoms with van der Waals surface area (Å²) in [6.45, 7) is 4.00. The summed E-state index contributed by atoms with van der Waals surface area (Å²) in [6, 6.07) is 15.0. The van der Waals surface area contributed by atoms with Gasteiger partial charge in [0.15, 0.2) is 0 Å². The van der Waals surface area contributed by atoms with Crippen molar-refractivity contribution in [3.05, 3.63) is 48.7 Å². The Kier molecular flexibility index (Phi) is 2.95. The minimum atomic E-state index is 1.31. The molecule has 0 atom stereocenters. The number of fused-ring (bicyclic) bond motifs is 3. The highest BCUT2D eigenvalue weighted by Gasteiger charge is 2.01. The molecule has 0 bridgehead atoms. The Hall–Kier alpha value is -1.76. The largest absolute Gasteiger partial charge is 0.350 e. The zero-order valence-electron chi connectivity index (χ0n) is 10.1. The molecule has 1 nitrogen and oxygen atoms in total. The molecule has 2 aromatic carbocycles. The fraction of sp³-hybridized carbons (Fsp3) is 0.200.